The molecule has 1 aromatic rings. The molecule has 1 aromatic carbocycles. The van der Waals surface area contributed by atoms with Gasteiger partial charge in [0.25, 0.3) is 0 Å². The molecule has 0 spiro atoms. The lowest BCUT2D eigenvalue weighted by molar-refractivity contribution is 0.444. The van der Waals surface area contributed by atoms with E-state index in [1.807, 2.05) is 36.4 Å². The molecule has 78 valence electrons. The van der Waals surface area contributed by atoms with Crippen LogP contribution >= 0.6 is 0 Å². The Balaban J connectivity index is 2.74. The van der Waals surface area contributed by atoms with E-state index < -0.39 is 0 Å². The fourth-order valence-corrected chi connectivity index (χ4v) is 1.06. The second-order valence-electron chi connectivity index (χ2n) is 3.18. The van der Waals surface area contributed by atoms with Gasteiger partial charge in [-0.1, -0.05) is 43.9 Å². The summed E-state index contributed by atoms with van der Waals surface area (Å²) in [5.41, 5.74) is 1.03. The second-order valence-corrected chi connectivity index (χ2v) is 3.18. The number of benzene rings is 1. The number of hydrogen-bond donors (Lipinski definition) is 0. The zero-order chi connectivity index (χ0) is 11.1. The topological polar surface area (TPSA) is 9.23 Å². The molecular weight excluding hydrogens is 184 g/mol. The zero-order valence-corrected chi connectivity index (χ0v) is 9.07. The Hall–Kier alpha value is -1.76. The molecule has 1 heteroatoms. The summed E-state index contributed by atoms with van der Waals surface area (Å²) in [4.78, 5) is 0. The number of para-hydroxylation sites is 1. The van der Waals surface area contributed by atoms with Crippen molar-refractivity contribution in [3.8, 4) is 5.75 Å². The standard InChI is InChI=1S/C14H16O/c1-4-12(3)11-13(5-2)15-14-9-7-6-8-10-14/h5-11H,2-4H2,1H3/b13-11+. The van der Waals surface area contributed by atoms with Gasteiger partial charge >= 0.3 is 0 Å². The summed E-state index contributed by atoms with van der Waals surface area (Å²) in [5, 5.41) is 0. The molecule has 0 radical (unpaired) electrons. The zero-order valence-electron chi connectivity index (χ0n) is 9.07. The molecule has 15 heavy (non-hydrogen) atoms. The summed E-state index contributed by atoms with van der Waals surface area (Å²) in [6, 6.07) is 9.64. The third-order valence-corrected chi connectivity index (χ3v) is 1.98. The maximum absolute atomic E-state index is 5.62. The maximum Gasteiger partial charge on any atom is 0.127 e. The molecule has 1 rings (SSSR count). The molecule has 0 bridgehead atoms. The Bertz CT molecular complexity index is 360. The van der Waals surface area contributed by atoms with Crippen molar-refractivity contribution in [2.45, 2.75) is 13.3 Å². The molecule has 0 saturated carbocycles. The molecule has 0 aromatic heterocycles. The van der Waals surface area contributed by atoms with E-state index >= 15 is 0 Å². The second kappa shape index (κ2) is 5.86. The molecule has 0 aliphatic carbocycles. The first-order valence-corrected chi connectivity index (χ1v) is 5.01. The smallest absolute Gasteiger partial charge is 0.127 e. The van der Waals surface area contributed by atoms with Gasteiger partial charge in [-0.2, -0.15) is 0 Å². The minimum absolute atomic E-state index is 0.730. The van der Waals surface area contributed by atoms with E-state index in [9.17, 15) is 0 Å². The van der Waals surface area contributed by atoms with Gasteiger partial charge in [-0.05, 0) is 30.7 Å². The van der Waals surface area contributed by atoms with Crippen molar-refractivity contribution in [2.75, 3.05) is 0 Å². The van der Waals surface area contributed by atoms with Gasteiger partial charge in [-0.25, -0.2) is 0 Å². The Morgan fingerprint density at radius 2 is 2.00 bits per heavy atom. The molecule has 1 nitrogen and oxygen atoms in total. The lowest BCUT2D eigenvalue weighted by Crippen LogP contribution is -1.92. The van der Waals surface area contributed by atoms with Crippen LogP contribution in [0.3, 0.4) is 0 Å². The van der Waals surface area contributed by atoms with Crippen molar-refractivity contribution >= 4 is 0 Å². The fraction of sp³-hybridized carbons (Fsp3) is 0.143. The minimum Gasteiger partial charge on any atom is -0.457 e. The van der Waals surface area contributed by atoms with Crippen LogP contribution in [0.1, 0.15) is 13.3 Å². The Morgan fingerprint density at radius 1 is 1.33 bits per heavy atom. The first-order chi connectivity index (χ1) is 7.26. The molecule has 0 fully saturated rings. The van der Waals surface area contributed by atoms with E-state index in [2.05, 4.69) is 20.1 Å². The number of ether oxygens (including phenoxy) is 1. The predicted octanol–water partition coefficient (Wildman–Crippen LogP) is 4.10. The van der Waals surface area contributed by atoms with Crippen LogP contribution in [-0.2, 0) is 0 Å². The molecule has 0 atom stereocenters. The molecule has 0 aliphatic heterocycles. The van der Waals surface area contributed by atoms with Crippen LogP contribution in [0.4, 0.5) is 0 Å². The largest absolute Gasteiger partial charge is 0.457 e. The molecule has 0 heterocycles. The highest BCUT2D eigenvalue weighted by atomic mass is 16.5. The van der Waals surface area contributed by atoms with E-state index in [1.165, 1.54) is 0 Å². The number of hydrogen-bond acceptors (Lipinski definition) is 1. The van der Waals surface area contributed by atoms with Crippen molar-refractivity contribution < 1.29 is 4.74 Å². The van der Waals surface area contributed by atoms with Gasteiger partial charge in [0.15, 0.2) is 0 Å². The highest BCUT2D eigenvalue weighted by Crippen LogP contribution is 2.14. The van der Waals surface area contributed by atoms with E-state index in [0.29, 0.717) is 0 Å². The average molecular weight is 200 g/mol. The van der Waals surface area contributed by atoms with E-state index in [1.54, 1.807) is 6.08 Å². The van der Waals surface area contributed by atoms with E-state index in [-0.39, 0.29) is 0 Å². The molecule has 0 amide bonds. The maximum atomic E-state index is 5.62. The van der Waals surface area contributed by atoms with Crippen LogP contribution < -0.4 is 4.74 Å². The highest BCUT2D eigenvalue weighted by molar-refractivity contribution is 5.29. The fourth-order valence-electron chi connectivity index (χ4n) is 1.06. The SMILES string of the molecule is C=C/C(=C\C(=C)CC)Oc1ccccc1. The normalized spacial score (nSPS) is 10.9. The van der Waals surface area contributed by atoms with Crippen molar-refractivity contribution in [1.82, 2.24) is 0 Å². The molecule has 0 aliphatic rings. The van der Waals surface area contributed by atoms with Crippen molar-refractivity contribution in [1.29, 1.82) is 0 Å². The quantitative estimate of drug-likeness (QED) is 0.513. The van der Waals surface area contributed by atoms with Crippen molar-refractivity contribution in [3.05, 3.63) is 67.0 Å². The first-order valence-electron chi connectivity index (χ1n) is 5.01. The van der Waals surface area contributed by atoms with Gasteiger partial charge < -0.3 is 4.74 Å². The molecule has 0 unspecified atom stereocenters. The predicted molar refractivity (Wildman–Crippen MR) is 64.8 cm³/mol. The summed E-state index contributed by atoms with van der Waals surface area (Å²) < 4.78 is 5.62. The third kappa shape index (κ3) is 3.86. The van der Waals surface area contributed by atoms with Crippen molar-refractivity contribution in [3.63, 3.8) is 0 Å². The van der Waals surface area contributed by atoms with Gasteiger partial charge in [0.05, 0.1) is 0 Å². The van der Waals surface area contributed by atoms with Gasteiger partial charge in [0.2, 0.25) is 0 Å². The van der Waals surface area contributed by atoms with Crippen LogP contribution in [0, 0.1) is 0 Å². The summed E-state index contributed by atoms with van der Waals surface area (Å²) in [6.07, 6.45) is 4.50. The average Bonchev–Trinajstić information content (AvgIpc) is 2.29. The Morgan fingerprint density at radius 3 is 2.53 bits per heavy atom. The summed E-state index contributed by atoms with van der Waals surface area (Å²) in [5.74, 6) is 1.54. The lowest BCUT2D eigenvalue weighted by atomic mass is 10.2. The van der Waals surface area contributed by atoms with Gasteiger partial charge in [0, 0.05) is 0 Å². The summed E-state index contributed by atoms with van der Waals surface area (Å²) >= 11 is 0. The number of rotatable bonds is 5. The van der Waals surface area contributed by atoms with E-state index in [4.69, 9.17) is 4.74 Å². The third-order valence-electron chi connectivity index (χ3n) is 1.98. The van der Waals surface area contributed by atoms with Crippen LogP contribution in [0.2, 0.25) is 0 Å². The Labute approximate surface area is 91.4 Å². The van der Waals surface area contributed by atoms with Gasteiger partial charge in [0.1, 0.15) is 11.5 Å². The number of allylic oxidation sites excluding steroid dienone is 3. The molecule has 0 N–H and O–H groups in total. The van der Waals surface area contributed by atoms with Crippen LogP contribution in [-0.4, -0.2) is 0 Å². The molecule has 0 saturated heterocycles. The lowest BCUT2D eigenvalue weighted by Gasteiger charge is -2.06. The van der Waals surface area contributed by atoms with Crippen LogP contribution in [0.25, 0.3) is 0 Å². The van der Waals surface area contributed by atoms with Gasteiger partial charge in [-0.3, -0.25) is 0 Å². The Kier molecular flexibility index (Phi) is 4.42. The minimum atomic E-state index is 0.730. The van der Waals surface area contributed by atoms with Gasteiger partial charge in [-0.15, -0.1) is 0 Å². The summed E-state index contributed by atoms with van der Waals surface area (Å²) in [7, 11) is 0. The van der Waals surface area contributed by atoms with Crippen LogP contribution in [0.15, 0.2) is 67.0 Å². The monoisotopic (exact) mass is 200 g/mol. The summed E-state index contributed by atoms with van der Waals surface area (Å²) in [6.45, 7) is 9.67. The molecular formula is C14H16O. The van der Waals surface area contributed by atoms with Crippen LogP contribution in [0.5, 0.6) is 5.75 Å². The van der Waals surface area contributed by atoms with Crippen molar-refractivity contribution in [2.24, 2.45) is 0 Å². The first kappa shape index (κ1) is 11.3. The highest BCUT2D eigenvalue weighted by Gasteiger charge is 1.96. The van der Waals surface area contributed by atoms with E-state index in [0.717, 1.165) is 23.5 Å².